The Morgan fingerprint density at radius 3 is 2.58 bits per heavy atom. The van der Waals surface area contributed by atoms with Gasteiger partial charge in [-0.15, -0.1) is 24.0 Å². The summed E-state index contributed by atoms with van der Waals surface area (Å²) in [6.07, 6.45) is 1.09. The van der Waals surface area contributed by atoms with Gasteiger partial charge in [0.25, 0.3) is 0 Å². The van der Waals surface area contributed by atoms with Crippen molar-refractivity contribution in [2.24, 2.45) is 4.99 Å². The fourth-order valence-electron chi connectivity index (χ4n) is 2.01. The minimum absolute atomic E-state index is 0. The number of hydrogen-bond acceptors (Lipinski definition) is 4. The van der Waals surface area contributed by atoms with E-state index >= 15 is 0 Å². The molecule has 0 aliphatic rings. The Morgan fingerprint density at radius 1 is 1.25 bits per heavy atom. The van der Waals surface area contributed by atoms with Crippen LogP contribution in [0, 0.1) is 0 Å². The van der Waals surface area contributed by atoms with Gasteiger partial charge < -0.3 is 25.0 Å². The average molecular weight is 450 g/mol. The molecule has 0 saturated heterocycles. The van der Waals surface area contributed by atoms with Gasteiger partial charge in [-0.2, -0.15) is 0 Å². The summed E-state index contributed by atoms with van der Waals surface area (Å²) in [6, 6.07) is 7.62. The molecular weight excluding hydrogens is 419 g/mol. The minimum Gasteiger partial charge on any atom is -0.497 e. The fraction of sp³-hybridized carbons (Fsp3) is 0.588. The smallest absolute Gasteiger partial charge is 0.191 e. The molecule has 7 heteroatoms. The first-order chi connectivity index (χ1) is 11.0. The van der Waals surface area contributed by atoms with Crippen LogP contribution in [0.3, 0.4) is 0 Å². The number of methoxy groups -OCH3 is 1. The van der Waals surface area contributed by atoms with Gasteiger partial charge in [0.2, 0.25) is 0 Å². The zero-order valence-corrected chi connectivity index (χ0v) is 17.7. The van der Waals surface area contributed by atoms with E-state index in [2.05, 4.69) is 34.6 Å². The zero-order valence-electron chi connectivity index (χ0n) is 15.3. The SMILES string of the molecule is CN=C(NCCCN(C)C)NCC(C)Oc1cccc(OC)c1.I. The summed E-state index contributed by atoms with van der Waals surface area (Å²) in [5, 5.41) is 6.57. The van der Waals surface area contributed by atoms with Crippen LogP contribution in [0.15, 0.2) is 29.3 Å². The second kappa shape index (κ2) is 13.1. The second-order valence-corrected chi connectivity index (χ2v) is 5.64. The molecule has 1 aromatic carbocycles. The summed E-state index contributed by atoms with van der Waals surface area (Å²) in [6.45, 7) is 4.64. The van der Waals surface area contributed by atoms with E-state index in [-0.39, 0.29) is 30.1 Å². The first kappa shape index (κ1) is 22.8. The number of nitrogens with one attached hydrogen (secondary N) is 2. The van der Waals surface area contributed by atoms with Gasteiger partial charge in [-0.05, 0) is 46.1 Å². The molecule has 1 unspecified atom stereocenters. The largest absolute Gasteiger partial charge is 0.497 e. The molecular formula is C17H31IN4O2. The molecule has 1 atom stereocenters. The molecule has 0 fully saturated rings. The van der Waals surface area contributed by atoms with Gasteiger partial charge in [0.05, 0.1) is 13.7 Å². The van der Waals surface area contributed by atoms with Gasteiger partial charge in [0.15, 0.2) is 5.96 Å². The van der Waals surface area contributed by atoms with E-state index < -0.39 is 0 Å². The molecule has 0 aliphatic heterocycles. The molecule has 0 saturated carbocycles. The topological polar surface area (TPSA) is 58.1 Å². The summed E-state index contributed by atoms with van der Waals surface area (Å²) < 4.78 is 11.1. The van der Waals surface area contributed by atoms with E-state index in [9.17, 15) is 0 Å². The van der Waals surface area contributed by atoms with Gasteiger partial charge in [0.1, 0.15) is 17.6 Å². The Labute approximate surface area is 163 Å². The van der Waals surface area contributed by atoms with Crippen molar-refractivity contribution in [3.8, 4) is 11.5 Å². The Balaban J connectivity index is 0.00000529. The van der Waals surface area contributed by atoms with Crippen molar-refractivity contribution in [1.29, 1.82) is 0 Å². The second-order valence-electron chi connectivity index (χ2n) is 5.64. The van der Waals surface area contributed by atoms with Crippen molar-refractivity contribution >= 4 is 29.9 Å². The van der Waals surface area contributed by atoms with E-state index in [4.69, 9.17) is 9.47 Å². The summed E-state index contributed by atoms with van der Waals surface area (Å²) in [5.74, 6) is 2.39. The van der Waals surface area contributed by atoms with Crippen LogP contribution >= 0.6 is 24.0 Å². The van der Waals surface area contributed by atoms with Gasteiger partial charge in [-0.3, -0.25) is 4.99 Å². The molecule has 0 spiro atoms. The van der Waals surface area contributed by atoms with Crippen molar-refractivity contribution in [2.75, 3.05) is 47.9 Å². The molecule has 24 heavy (non-hydrogen) atoms. The Hall–Kier alpha value is -1.22. The Morgan fingerprint density at radius 2 is 1.96 bits per heavy atom. The lowest BCUT2D eigenvalue weighted by atomic mass is 10.3. The first-order valence-corrected chi connectivity index (χ1v) is 7.95. The molecule has 1 rings (SSSR count). The van der Waals surface area contributed by atoms with E-state index in [1.165, 1.54) is 0 Å². The molecule has 2 N–H and O–H groups in total. The fourth-order valence-corrected chi connectivity index (χ4v) is 2.01. The molecule has 0 amide bonds. The van der Waals surface area contributed by atoms with Crippen LogP contribution in [-0.4, -0.2) is 64.9 Å². The van der Waals surface area contributed by atoms with Crippen LogP contribution in [-0.2, 0) is 0 Å². The number of ether oxygens (including phenoxy) is 2. The van der Waals surface area contributed by atoms with Gasteiger partial charge >= 0.3 is 0 Å². The average Bonchev–Trinajstić information content (AvgIpc) is 2.54. The van der Waals surface area contributed by atoms with Crippen LogP contribution in [0.2, 0.25) is 0 Å². The van der Waals surface area contributed by atoms with Gasteiger partial charge in [-0.1, -0.05) is 6.07 Å². The maximum Gasteiger partial charge on any atom is 0.191 e. The predicted molar refractivity (Wildman–Crippen MR) is 111 cm³/mol. The molecule has 138 valence electrons. The molecule has 1 aromatic rings. The van der Waals surface area contributed by atoms with E-state index in [1.54, 1.807) is 14.2 Å². The van der Waals surface area contributed by atoms with Crippen molar-refractivity contribution in [3.05, 3.63) is 24.3 Å². The highest BCUT2D eigenvalue weighted by molar-refractivity contribution is 14.0. The number of benzene rings is 1. The van der Waals surface area contributed by atoms with Crippen molar-refractivity contribution in [3.63, 3.8) is 0 Å². The number of rotatable bonds is 9. The molecule has 0 bridgehead atoms. The monoisotopic (exact) mass is 450 g/mol. The van der Waals surface area contributed by atoms with Crippen molar-refractivity contribution < 1.29 is 9.47 Å². The third-order valence-electron chi connectivity index (χ3n) is 3.23. The summed E-state index contributed by atoms with van der Waals surface area (Å²) in [7, 11) is 7.57. The van der Waals surface area contributed by atoms with E-state index in [1.807, 2.05) is 31.2 Å². The van der Waals surface area contributed by atoms with E-state index in [0.717, 1.165) is 37.0 Å². The lowest BCUT2D eigenvalue weighted by Gasteiger charge is -2.18. The lowest BCUT2D eigenvalue weighted by Crippen LogP contribution is -2.42. The van der Waals surface area contributed by atoms with Crippen LogP contribution < -0.4 is 20.1 Å². The van der Waals surface area contributed by atoms with Crippen molar-refractivity contribution in [2.45, 2.75) is 19.4 Å². The van der Waals surface area contributed by atoms with Crippen molar-refractivity contribution in [1.82, 2.24) is 15.5 Å². The number of hydrogen-bond donors (Lipinski definition) is 2. The maximum absolute atomic E-state index is 5.88. The highest BCUT2D eigenvalue weighted by Crippen LogP contribution is 2.19. The number of guanidine groups is 1. The molecule has 0 aromatic heterocycles. The van der Waals surface area contributed by atoms with Gasteiger partial charge in [-0.25, -0.2) is 0 Å². The normalized spacial score (nSPS) is 12.3. The molecule has 6 nitrogen and oxygen atoms in total. The summed E-state index contributed by atoms with van der Waals surface area (Å²) in [4.78, 5) is 6.38. The number of aliphatic imine (C=N–C) groups is 1. The first-order valence-electron chi connectivity index (χ1n) is 7.95. The zero-order chi connectivity index (χ0) is 17.1. The molecule has 0 heterocycles. The maximum atomic E-state index is 5.88. The highest BCUT2D eigenvalue weighted by Gasteiger charge is 2.06. The lowest BCUT2D eigenvalue weighted by molar-refractivity contribution is 0.223. The third-order valence-corrected chi connectivity index (χ3v) is 3.23. The quantitative estimate of drug-likeness (QED) is 0.262. The van der Waals surface area contributed by atoms with Crippen LogP contribution in [0.5, 0.6) is 11.5 Å². The van der Waals surface area contributed by atoms with Crippen LogP contribution in [0.1, 0.15) is 13.3 Å². The highest BCUT2D eigenvalue weighted by atomic mass is 127. The van der Waals surface area contributed by atoms with Crippen LogP contribution in [0.4, 0.5) is 0 Å². The minimum atomic E-state index is 0. The standard InChI is InChI=1S/C17H30N4O2.HI/c1-14(23-16-9-6-8-15(12-16)22-5)13-20-17(18-2)19-10-7-11-21(3)4;/h6,8-9,12,14H,7,10-11,13H2,1-5H3,(H2,18,19,20);1H. The van der Waals surface area contributed by atoms with E-state index in [0.29, 0.717) is 6.54 Å². The number of nitrogens with zero attached hydrogens (tertiary/aromatic N) is 2. The molecule has 0 radical (unpaired) electrons. The Kier molecular flexibility index (Phi) is 12.4. The number of halogens is 1. The van der Waals surface area contributed by atoms with Gasteiger partial charge in [0, 0.05) is 19.7 Å². The third kappa shape index (κ3) is 9.82. The summed E-state index contributed by atoms with van der Waals surface area (Å²) in [5.41, 5.74) is 0. The Bertz CT molecular complexity index is 483. The summed E-state index contributed by atoms with van der Waals surface area (Å²) >= 11 is 0. The predicted octanol–water partition coefficient (Wildman–Crippen LogP) is 2.20. The molecule has 0 aliphatic carbocycles. The van der Waals surface area contributed by atoms with Crippen LogP contribution in [0.25, 0.3) is 0 Å².